The predicted octanol–water partition coefficient (Wildman–Crippen LogP) is 4.51. The molecule has 0 atom stereocenters. The molecule has 0 spiro atoms. The monoisotopic (exact) mass is 276 g/mol. The molecule has 0 radical (unpaired) electrons. The number of benzene rings is 1. The van der Waals surface area contributed by atoms with Gasteiger partial charge in [-0.15, -0.1) is 0 Å². The van der Waals surface area contributed by atoms with E-state index < -0.39 is 6.43 Å². The standard InChI is InChI=1S/C12H15BrF2/c1-2-9-5-3-6-11(12(14)15)10(9)7-4-8-13/h3,5-6,12H,2,4,7-8H2,1H3. The van der Waals surface area contributed by atoms with Crippen molar-refractivity contribution in [2.75, 3.05) is 5.33 Å². The Morgan fingerprint density at radius 3 is 2.60 bits per heavy atom. The van der Waals surface area contributed by atoms with Crippen molar-refractivity contribution in [2.45, 2.75) is 32.6 Å². The molecule has 0 N–H and O–H groups in total. The van der Waals surface area contributed by atoms with E-state index >= 15 is 0 Å². The first kappa shape index (κ1) is 12.6. The van der Waals surface area contributed by atoms with Gasteiger partial charge in [0.1, 0.15) is 0 Å². The van der Waals surface area contributed by atoms with Crippen molar-refractivity contribution in [3.8, 4) is 0 Å². The van der Waals surface area contributed by atoms with Crippen LogP contribution >= 0.6 is 15.9 Å². The fourth-order valence-electron chi connectivity index (χ4n) is 1.74. The van der Waals surface area contributed by atoms with Crippen LogP contribution in [0.4, 0.5) is 8.78 Å². The molecule has 1 aromatic rings. The number of hydrogen-bond donors (Lipinski definition) is 0. The smallest absolute Gasteiger partial charge is 0.205 e. The van der Waals surface area contributed by atoms with Gasteiger partial charge in [-0.3, -0.25) is 0 Å². The summed E-state index contributed by atoms with van der Waals surface area (Å²) in [5.74, 6) is 0. The van der Waals surface area contributed by atoms with E-state index in [4.69, 9.17) is 0 Å². The van der Waals surface area contributed by atoms with E-state index in [1.54, 1.807) is 6.07 Å². The lowest BCUT2D eigenvalue weighted by molar-refractivity contribution is 0.150. The first-order valence-electron chi connectivity index (χ1n) is 5.15. The highest BCUT2D eigenvalue weighted by molar-refractivity contribution is 9.09. The van der Waals surface area contributed by atoms with Gasteiger partial charge in [0.15, 0.2) is 0 Å². The van der Waals surface area contributed by atoms with Crippen LogP contribution in [0.15, 0.2) is 18.2 Å². The van der Waals surface area contributed by atoms with Gasteiger partial charge >= 0.3 is 0 Å². The predicted molar refractivity (Wildman–Crippen MR) is 62.9 cm³/mol. The third kappa shape index (κ3) is 3.26. The summed E-state index contributed by atoms with van der Waals surface area (Å²) < 4.78 is 25.5. The summed E-state index contributed by atoms with van der Waals surface area (Å²) in [5.41, 5.74) is 2.10. The van der Waals surface area contributed by atoms with E-state index in [1.165, 1.54) is 6.07 Å². The molecule has 0 aliphatic rings. The molecular formula is C12H15BrF2. The third-order valence-corrected chi connectivity index (χ3v) is 3.05. The molecule has 0 aliphatic heterocycles. The van der Waals surface area contributed by atoms with Gasteiger partial charge in [-0.2, -0.15) is 0 Å². The minimum absolute atomic E-state index is 0.204. The second kappa shape index (κ2) is 6.21. The Morgan fingerprint density at radius 2 is 2.07 bits per heavy atom. The van der Waals surface area contributed by atoms with Crippen LogP contribution in [0.1, 0.15) is 36.5 Å². The summed E-state index contributed by atoms with van der Waals surface area (Å²) in [4.78, 5) is 0. The maximum absolute atomic E-state index is 12.8. The van der Waals surface area contributed by atoms with Gasteiger partial charge in [-0.25, -0.2) is 8.78 Å². The number of hydrogen-bond acceptors (Lipinski definition) is 0. The first-order chi connectivity index (χ1) is 7.20. The lowest BCUT2D eigenvalue weighted by Crippen LogP contribution is -2.00. The zero-order valence-corrected chi connectivity index (χ0v) is 10.4. The fraction of sp³-hybridized carbons (Fsp3) is 0.500. The fourth-order valence-corrected chi connectivity index (χ4v) is 2.02. The number of aryl methyl sites for hydroxylation is 1. The van der Waals surface area contributed by atoms with Gasteiger partial charge in [-0.05, 0) is 30.4 Å². The second-order valence-corrected chi connectivity index (χ2v) is 4.22. The van der Waals surface area contributed by atoms with Crippen LogP contribution < -0.4 is 0 Å². The number of alkyl halides is 3. The zero-order valence-electron chi connectivity index (χ0n) is 8.77. The summed E-state index contributed by atoms with van der Waals surface area (Å²) in [6.45, 7) is 2.00. The van der Waals surface area contributed by atoms with E-state index in [0.717, 1.165) is 35.7 Å². The summed E-state index contributed by atoms with van der Waals surface area (Å²) in [6.07, 6.45) is 0.0888. The zero-order chi connectivity index (χ0) is 11.3. The number of rotatable bonds is 5. The van der Waals surface area contributed by atoms with Gasteiger partial charge in [0.25, 0.3) is 6.43 Å². The van der Waals surface area contributed by atoms with Crippen molar-refractivity contribution in [2.24, 2.45) is 0 Å². The molecular weight excluding hydrogens is 262 g/mol. The Labute approximate surface area is 97.8 Å². The van der Waals surface area contributed by atoms with Crippen molar-refractivity contribution < 1.29 is 8.78 Å². The quantitative estimate of drug-likeness (QED) is 0.694. The molecule has 15 heavy (non-hydrogen) atoms. The molecule has 0 saturated heterocycles. The maximum atomic E-state index is 12.8. The highest BCUT2D eigenvalue weighted by Crippen LogP contribution is 2.27. The largest absolute Gasteiger partial charge is 0.264 e. The van der Waals surface area contributed by atoms with E-state index in [9.17, 15) is 8.78 Å². The maximum Gasteiger partial charge on any atom is 0.264 e. The summed E-state index contributed by atoms with van der Waals surface area (Å²) in [6, 6.07) is 5.20. The molecule has 1 rings (SSSR count). The van der Waals surface area contributed by atoms with Gasteiger partial charge < -0.3 is 0 Å². The molecule has 0 heterocycles. The summed E-state index contributed by atoms with van der Waals surface area (Å²) in [5, 5.41) is 0.855. The highest BCUT2D eigenvalue weighted by Gasteiger charge is 2.14. The lowest BCUT2D eigenvalue weighted by Gasteiger charge is -2.12. The minimum atomic E-state index is -2.36. The van der Waals surface area contributed by atoms with Crippen LogP contribution in [0.25, 0.3) is 0 Å². The average molecular weight is 277 g/mol. The second-order valence-electron chi connectivity index (χ2n) is 3.43. The molecule has 0 saturated carbocycles. The Balaban J connectivity index is 3.03. The van der Waals surface area contributed by atoms with Crippen LogP contribution in [0.5, 0.6) is 0 Å². The average Bonchev–Trinajstić information content (AvgIpc) is 2.25. The molecule has 3 heteroatoms. The van der Waals surface area contributed by atoms with Gasteiger partial charge in [-0.1, -0.05) is 41.1 Å². The van der Waals surface area contributed by atoms with Crippen molar-refractivity contribution in [3.63, 3.8) is 0 Å². The van der Waals surface area contributed by atoms with Crippen LogP contribution in [0, 0.1) is 0 Å². The van der Waals surface area contributed by atoms with E-state index in [2.05, 4.69) is 15.9 Å². The van der Waals surface area contributed by atoms with Crippen molar-refractivity contribution in [3.05, 3.63) is 34.9 Å². The highest BCUT2D eigenvalue weighted by atomic mass is 79.9. The summed E-state index contributed by atoms with van der Waals surface area (Å²) in [7, 11) is 0. The van der Waals surface area contributed by atoms with Crippen molar-refractivity contribution in [1.29, 1.82) is 0 Å². The van der Waals surface area contributed by atoms with Crippen LogP contribution in [0.3, 0.4) is 0 Å². The van der Waals surface area contributed by atoms with E-state index in [1.807, 2.05) is 13.0 Å². The Morgan fingerprint density at radius 1 is 1.33 bits per heavy atom. The normalized spacial score (nSPS) is 11.0. The lowest BCUT2D eigenvalue weighted by atomic mass is 9.96. The molecule has 0 aromatic heterocycles. The molecule has 0 aliphatic carbocycles. The van der Waals surface area contributed by atoms with Crippen LogP contribution in [0.2, 0.25) is 0 Å². The van der Waals surface area contributed by atoms with E-state index in [-0.39, 0.29) is 5.56 Å². The van der Waals surface area contributed by atoms with Crippen molar-refractivity contribution >= 4 is 15.9 Å². The third-order valence-electron chi connectivity index (χ3n) is 2.49. The van der Waals surface area contributed by atoms with Crippen LogP contribution in [-0.2, 0) is 12.8 Å². The Bertz CT molecular complexity index is 310. The minimum Gasteiger partial charge on any atom is -0.205 e. The Kier molecular flexibility index (Phi) is 5.23. The van der Waals surface area contributed by atoms with Gasteiger partial charge in [0.05, 0.1) is 0 Å². The summed E-state index contributed by atoms with van der Waals surface area (Å²) >= 11 is 3.33. The Hall–Kier alpha value is -0.440. The van der Waals surface area contributed by atoms with E-state index in [0.29, 0.717) is 0 Å². The molecule has 0 bridgehead atoms. The molecule has 0 fully saturated rings. The number of halogens is 3. The first-order valence-corrected chi connectivity index (χ1v) is 6.27. The molecule has 0 unspecified atom stereocenters. The molecule has 84 valence electrons. The van der Waals surface area contributed by atoms with Crippen LogP contribution in [-0.4, -0.2) is 5.33 Å². The van der Waals surface area contributed by atoms with Gasteiger partial charge in [0, 0.05) is 10.9 Å². The molecule has 1 aromatic carbocycles. The SMILES string of the molecule is CCc1cccc(C(F)F)c1CCCBr. The molecule has 0 amide bonds. The van der Waals surface area contributed by atoms with Gasteiger partial charge in [0.2, 0.25) is 0 Å². The molecule has 0 nitrogen and oxygen atoms in total. The topological polar surface area (TPSA) is 0 Å². The van der Waals surface area contributed by atoms with Crippen molar-refractivity contribution in [1.82, 2.24) is 0 Å².